The summed E-state index contributed by atoms with van der Waals surface area (Å²) in [6.45, 7) is 3.35. The fourth-order valence-corrected chi connectivity index (χ4v) is 3.15. The van der Waals surface area contributed by atoms with Crippen LogP contribution in [-0.2, 0) is 0 Å². The summed E-state index contributed by atoms with van der Waals surface area (Å²) in [5, 5.41) is 6.38. The first-order chi connectivity index (χ1) is 9.84. The Bertz CT molecular complexity index is 607. The van der Waals surface area contributed by atoms with Crippen molar-refractivity contribution >= 4 is 10.8 Å². The molecule has 1 heteroatoms. The number of fused-ring (bicyclic) bond motifs is 1. The molecule has 104 valence electrons. The predicted molar refractivity (Wildman–Crippen MR) is 86.9 cm³/mol. The van der Waals surface area contributed by atoms with Crippen LogP contribution in [0.4, 0.5) is 0 Å². The average molecular weight is 265 g/mol. The average Bonchev–Trinajstić information content (AvgIpc) is 3.00. The largest absolute Gasteiger partial charge is 0.310 e. The molecule has 1 N–H and O–H groups in total. The third kappa shape index (κ3) is 2.94. The summed E-state index contributed by atoms with van der Waals surface area (Å²) in [5.41, 5.74) is 3.05. The van der Waals surface area contributed by atoms with Gasteiger partial charge in [-0.05, 0) is 55.5 Å². The predicted octanol–water partition coefficient (Wildman–Crippen LogP) is 4.99. The van der Waals surface area contributed by atoms with E-state index in [1.807, 2.05) is 0 Å². The second-order valence-corrected chi connectivity index (χ2v) is 5.75. The van der Waals surface area contributed by atoms with Gasteiger partial charge in [0.15, 0.2) is 0 Å². The number of hydrogen-bond donors (Lipinski definition) is 1. The first-order valence-electron chi connectivity index (χ1n) is 7.73. The quantitative estimate of drug-likeness (QED) is 0.751. The Morgan fingerprint density at radius 1 is 1.10 bits per heavy atom. The van der Waals surface area contributed by atoms with E-state index in [4.69, 9.17) is 0 Å². The maximum absolute atomic E-state index is 3.68. The fourth-order valence-electron chi connectivity index (χ4n) is 3.15. The van der Waals surface area contributed by atoms with Gasteiger partial charge in [-0.15, -0.1) is 0 Å². The minimum atomic E-state index is 0.406. The van der Waals surface area contributed by atoms with Gasteiger partial charge in [0, 0.05) is 6.04 Å². The first-order valence-corrected chi connectivity index (χ1v) is 7.73. The van der Waals surface area contributed by atoms with Gasteiger partial charge in [-0.1, -0.05) is 54.1 Å². The molecule has 1 aliphatic rings. The molecule has 2 aromatic rings. The monoisotopic (exact) mass is 265 g/mol. The zero-order valence-corrected chi connectivity index (χ0v) is 12.2. The smallest absolute Gasteiger partial charge is 0.0298 e. The van der Waals surface area contributed by atoms with Crippen molar-refractivity contribution in [3.8, 4) is 0 Å². The molecule has 0 aromatic heterocycles. The number of benzene rings is 2. The minimum Gasteiger partial charge on any atom is -0.310 e. The van der Waals surface area contributed by atoms with Crippen molar-refractivity contribution in [2.45, 2.75) is 38.6 Å². The Hall–Kier alpha value is -1.60. The standard InChI is InChI=1S/C19H23N/c1-15(20-14-13-16-7-2-3-8-16)18-12-6-10-17-9-4-5-11-19(17)18/h4-7,9-12,15,20H,2-3,8,13-14H2,1H3. The highest BCUT2D eigenvalue weighted by Crippen LogP contribution is 2.24. The van der Waals surface area contributed by atoms with Gasteiger partial charge >= 0.3 is 0 Å². The summed E-state index contributed by atoms with van der Waals surface area (Å²) in [6, 6.07) is 15.7. The van der Waals surface area contributed by atoms with Crippen molar-refractivity contribution in [1.82, 2.24) is 5.32 Å². The van der Waals surface area contributed by atoms with E-state index < -0.39 is 0 Å². The summed E-state index contributed by atoms with van der Waals surface area (Å²) >= 11 is 0. The molecular formula is C19H23N. The first kappa shape index (κ1) is 13.4. The molecule has 0 spiro atoms. The van der Waals surface area contributed by atoms with Crippen LogP contribution in [0.15, 0.2) is 54.1 Å². The van der Waals surface area contributed by atoms with Crippen molar-refractivity contribution in [2.75, 3.05) is 6.54 Å². The summed E-state index contributed by atoms with van der Waals surface area (Å²) in [5.74, 6) is 0. The SMILES string of the molecule is CC(NCCC1=CCCC1)c1cccc2ccccc12. The molecule has 1 nitrogen and oxygen atoms in total. The van der Waals surface area contributed by atoms with E-state index in [-0.39, 0.29) is 0 Å². The molecule has 2 aromatic carbocycles. The van der Waals surface area contributed by atoms with Crippen molar-refractivity contribution in [1.29, 1.82) is 0 Å². The van der Waals surface area contributed by atoms with Crippen LogP contribution in [0.1, 0.15) is 44.2 Å². The van der Waals surface area contributed by atoms with Crippen LogP contribution in [-0.4, -0.2) is 6.54 Å². The molecule has 1 atom stereocenters. The third-order valence-corrected chi connectivity index (χ3v) is 4.32. The highest BCUT2D eigenvalue weighted by atomic mass is 14.9. The molecule has 3 rings (SSSR count). The van der Waals surface area contributed by atoms with E-state index in [1.165, 1.54) is 42.0 Å². The summed E-state index contributed by atoms with van der Waals surface area (Å²) in [6.07, 6.45) is 7.58. The van der Waals surface area contributed by atoms with Crippen LogP contribution in [0, 0.1) is 0 Å². The molecule has 0 bridgehead atoms. The van der Waals surface area contributed by atoms with E-state index in [1.54, 1.807) is 5.57 Å². The summed E-state index contributed by atoms with van der Waals surface area (Å²) in [7, 11) is 0. The number of hydrogen-bond acceptors (Lipinski definition) is 1. The van der Waals surface area contributed by atoms with E-state index in [0.717, 1.165) is 6.54 Å². The van der Waals surface area contributed by atoms with E-state index in [0.29, 0.717) is 6.04 Å². The van der Waals surface area contributed by atoms with Gasteiger partial charge in [-0.3, -0.25) is 0 Å². The second-order valence-electron chi connectivity index (χ2n) is 5.75. The second kappa shape index (κ2) is 6.23. The molecule has 1 aliphatic carbocycles. The van der Waals surface area contributed by atoms with Gasteiger partial charge in [-0.25, -0.2) is 0 Å². The van der Waals surface area contributed by atoms with Crippen LogP contribution in [0.3, 0.4) is 0 Å². The molecule has 1 unspecified atom stereocenters. The molecule has 0 amide bonds. The Morgan fingerprint density at radius 2 is 1.95 bits per heavy atom. The van der Waals surface area contributed by atoms with Gasteiger partial charge in [0.1, 0.15) is 0 Å². The molecule has 0 saturated heterocycles. The Balaban J connectivity index is 1.67. The molecule has 0 saturated carbocycles. The number of nitrogens with one attached hydrogen (secondary N) is 1. The van der Waals surface area contributed by atoms with Crippen molar-refractivity contribution in [2.24, 2.45) is 0 Å². The fraction of sp³-hybridized carbons (Fsp3) is 0.368. The summed E-state index contributed by atoms with van der Waals surface area (Å²) < 4.78 is 0. The van der Waals surface area contributed by atoms with Gasteiger partial charge in [0.2, 0.25) is 0 Å². The van der Waals surface area contributed by atoms with Crippen LogP contribution in [0.2, 0.25) is 0 Å². The van der Waals surface area contributed by atoms with Gasteiger partial charge < -0.3 is 5.32 Å². The lowest BCUT2D eigenvalue weighted by Crippen LogP contribution is -2.20. The van der Waals surface area contributed by atoms with Crippen LogP contribution < -0.4 is 5.32 Å². The van der Waals surface area contributed by atoms with Crippen molar-refractivity contribution < 1.29 is 0 Å². The topological polar surface area (TPSA) is 12.0 Å². The minimum absolute atomic E-state index is 0.406. The van der Waals surface area contributed by atoms with Gasteiger partial charge in [0.25, 0.3) is 0 Å². The highest BCUT2D eigenvalue weighted by molar-refractivity contribution is 5.86. The zero-order chi connectivity index (χ0) is 13.8. The number of rotatable bonds is 5. The van der Waals surface area contributed by atoms with E-state index in [2.05, 4.69) is 60.8 Å². The summed E-state index contributed by atoms with van der Waals surface area (Å²) in [4.78, 5) is 0. The lowest BCUT2D eigenvalue weighted by atomic mass is 9.99. The normalized spacial score (nSPS) is 16.4. The molecule has 20 heavy (non-hydrogen) atoms. The molecule has 0 aliphatic heterocycles. The molecule has 0 radical (unpaired) electrons. The zero-order valence-electron chi connectivity index (χ0n) is 12.2. The Labute approximate surface area is 121 Å². The lowest BCUT2D eigenvalue weighted by molar-refractivity contribution is 0.576. The molecular weight excluding hydrogens is 242 g/mol. The van der Waals surface area contributed by atoms with Gasteiger partial charge in [0.05, 0.1) is 0 Å². The lowest BCUT2D eigenvalue weighted by Gasteiger charge is -2.17. The number of allylic oxidation sites excluding steroid dienone is 1. The van der Waals surface area contributed by atoms with Crippen molar-refractivity contribution in [3.05, 3.63) is 59.7 Å². The van der Waals surface area contributed by atoms with Gasteiger partial charge in [-0.2, -0.15) is 0 Å². The third-order valence-electron chi connectivity index (χ3n) is 4.32. The van der Waals surface area contributed by atoms with Crippen LogP contribution >= 0.6 is 0 Å². The maximum Gasteiger partial charge on any atom is 0.0298 e. The van der Waals surface area contributed by atoms with E-state index in [9.17, 15) is 0 Å². The van der Waals surface area contributed by atoms with Crippen molar-refractivity contribution in [3.63, 3.8) is 0 Å². The Morgan fingerprint density at radius 3 is 2.80 bits per heavy atom. The van der Waals surface area contributed by atoms with Crippen LogP contribution in [0.25, 0.3) is 10.8 Å². The maximum atomic E-state index is 3.68. The van der Waals surface area contributed by atoms with Crippen LogP contribution in [0.5, 0.6) is 0 Å². The molecule has 0 heterocycles. The Kier molecular flexibility index (Phi) is 4.17. The highest BCUT2D eigenvalue weighted by Gasteiger charge is 2.09. The van der Waals surface area contributed by atoms with E-state index >= 15 is 0 Å². The molecule has 0 fully saturated rings.